The molecule has 3 heterocycles. The minimum absolute atomic E-state index is 0.0626. The molecule has 0 unspecified atom stereocenters. The predicted molar refractivity (Wildman–Crippen MR) is 256 cm³/mol. The number of allylic oxidation sites excluding steroid dienone is 2. The van der Waals surface area contributed by atoms with Crippen molar-refractivity contribution in [3.05, 3.63) is 136 Å². The molecule has 16 heteroatoms. The molecule has 0 saturated carbocycles. The number of hydrogen-bond acceptors (Lipinski definition) is 14. The van der Waals surface area contributed by atoms with Crippen LogP contribution in [0.1, 0.15) is 36.7 Å². The summed E-state index contributed by atoms with van der Waals surface area (Å²) < 4.78 is 34.7. The first-order valence-electron chi connectivity index (χ1n) is 22.0. The number of aromatic nitrogens is 2. The molecule has 1 aliphatic rings. The number of anilines is 1. The van der Waals surface area contributed by atoms with E-state index < -0.39 is 0 Å². The number of aromatic amines is 1. The first-order chi connectivity index (χ1) is 32.0. The number of hydrogen-bond donors (Lipinski definition) is 3. The number of H-pyrrole nitrogens is 1. The van der Waals surface area contributed by atoms with Crippen molar-refractivity contribution in [2.75, 3.05) is 91.1 Å². The zero-order valence-corrected chi connectivity index (χ0v) is 38.1. The Labute approximate surface area is 385 Å². The van der Waals surface area contributed by atoms with Gasteiger partial charge in [-0.15, -0.1) is 0 Å². The van der Waals surface area contributed by atoms with Gasteiger partial charge in [-0.25, -0.2) is 10.8 Å². The fourth-order valence-corrected chi connectivity index (χ4v) is 7.50. The number of ketones is 1. The summed E-state index contributed by atoms with van der Waals surface area (Å²) in [5, 5.41) is 2.05. The highest BCUT2D eigenvalue weighted by Crippen LogP contribution is 2.34. The largest absolute Gasteiger partial charge is 0.453 e. The van der Waals surface area contributed by atoms with E-state index in [4.69, 9.17) is 39.7 Å². The van der Waals surface area contributed by atoms with Crippen molar-refractivity contribution < 1.29 is 37.7 Å². The number of amides is 1. The third-order valence-corrected chi connectivity index (χ3v) is 11.0. The van der Waals surface area contributed by atoms with Gasteiger partial charge in [0.25, 0.3) is 0 Å². The second-order valence-electron chi connectivity index (χ2n) is 15.7. The van der Waals surface area contributed by atoms with E-state index in [0.29, 0.717) is 124 Å². The Morgan fingerprint density at radius 2 is 1.47 bits per heavy atom. The van der Waals surface area contributed by atoms with Crippen molar-refractivity contribution in [1.29, 1.82) is 0 Å². The number of carbonyl (C=O) groups excluding carboxylic acids is 2. The van der Waals surface area contributed by atoms with E-state index in [1.165, 1.54) is 13.0 Å². The molecule has 350 valence electrons. The lowest BCUT2D eigenvalue weighted by Gasteiger charge is -2.33. The molecule has 16 nitrogen and oxygen atoms in total. The molecule has 0 bridgehead atoms. The Kier molecular flexibility index (Phi) is 18.0. The Balaban J connectivity index is 0.816. The zero-order valence-electron chi connectivity index (χ0n) is 38.1. The monoisotopic (exact) mass is 903 g/mol. The SMILES string of the molecule is C=CC1=C(\C=C)N(C(=O)CCC(C)=O)Cc2ccccc2/C(N(N)CCOCCOCCOCCOCCOCCN(C)c2ccc(-c3cc(=O)c4ccc5[nH]c(C)nc5c4o3)cc2)=C\1N. The third kappa shape index (κ3) is 12.7. The van der Waals surface area contributed by atoms with Gasteiger partial charge >= 0.3 is 0 Å². The van der Waals surface area contributed by atoms with E-state index in [1.807, 2.05) is 68.6 Å². The normalized spacial score (nSPS) is 15.1. The molecule has 0 spiro atoms. The maximum atomic E-state index is 13.3. The van der Waals surface area contributed by atoms with Crippen molar-refractivity contribution in [2.45, 2.75) is 33.2 Å². The van der Waals surface area contributed by atoms with Gasteiger partial charge in [0.2, 0.25) is 5.91 Å². The number of Topliss-reactive ketones (excluding diaryl/α,β-unsaturated/α-hetero) is 1. The molecule has 2 aromatic heterocycles. The minimum Gasteiger partial charge on any atom is -0.453 e. The molecule has 1 aliphatic heterocycles. The number of imidazole rings is 1. The highest BCUT2D eigenvalue weighted by Gasteiger charge is 2.28. The van der Waals surface area contributed by atoms with E-state index in [2.05, 4.69) is 28.0 Å². The van der Waals surface area contributed by atoms with Gasteiger partial charge in [-0.2, -0.15) is 0 Å². The second-order valence-corrected chi connectivity index (χ2v) is 15.7. The highest BCUT2D eigenvalue weighted by atomic mass is 16.6. The van der Waals surface area contributed by atoms with Gasteiger partial charge in [0, 0.05) is 54.9 Å². The summed E-state index contributed by atoms with van der Waals surface area (Å²) >= 11 is 0. The van der Waals surface area contributed by atoms with E-state index in [9.17, 15) is 14.4 Å². The zero-order chi connectivity index (χ0) is 47.0. The Morgan fingerprint density at radius 3 is 2.09 bits per heavy atom. The van der Waals surface area contributed by atoms with Gasteiger partial charge in [0.1, 0.15) is 22.9 Å². The number of hydrazine groups is 1. The Bertz CT molecular complexity index is 2600. The van der Waals surface area contributed by atoms with Crippen LogP contribution in [0.25, 0.3) is 39.0 Å². The molecule has 0 fully saturated rings. The molecule has 66 heavy (non-hydrogen) atoms. The summed E-state index contributed by atoms with van der Waals surface area (Å²) in [5.74, 6) is 7.59. The standard InChI is InChI=1S/C50H61N7O9/c1-6-39-43(7-2)56(46(60)19-12-34(3)58)33-37-10-8-9-11-40(37)49(47(39)51)57(52)21-23-62-25-27-64-29-31-65-30-28-63-26-24-61-22-20-55(5)38-15-13-36(14-16-38)45-32-44(59)41-17-18-42-48(50(41)66-45)54-35(4)53-42/h6-11,13-18,32H,1-2,12,19-31,33,51-52H2,3-5H3,(H,53,54)/b43-39-,49-47-. The molecule has 1 amide bonds. The van der Waals surface area contributed by atoms with Gasteiger partial charge in [0.05, 0.1) is 107 Å². The number of aryl methyl sites for hydroxylation is 1. The number of nitrogens with two attached hydrogens (primary N) is 2. The number of nitrogens with one attached hydrogen (secondary N) is 1. The predicted octanol–water partition coefficient (Wildman–Crippen LogP) is 6.00. The fourth-order valence-electron chi connectivity index (χ4n) is 7.50. The van der Waals surface area contributed by atoms with E-state index in [-0.39, 0.29) is 36.5 Å². The maximum absolute atomic E-state index is 13.3. The topological polar surface area (TPSA) is 201 Å². The van der Waals surface area contributed by atoms with Crippen LogP contribution in [-0.2, 0) is 39.8 Å². The van der Waals surface area contributed by atoms with Crippen LogP contribution in [0.4, 0.5) is 5.69 Å². The summed E-state index contributed by atoms with van der Waals surface area (Å²) in [6, 6.07) is 20.6. The summed E-state index contributed by atoms with van der Waals surface area (Å²) in [5.41, 5.74) is 14.0. The summed E-state index contributed by atoms with van der Waals surface area (Å²) in [4.78, 5) is 49.3. The molecule has 0 radical (unpaired) electrons. The lowest BCUT2D eigenvalue weighted by atomic mass is 9.95. The van der Waals surface area contributed by atoms with Crippen molar-refractivity contribution >= 4 is 45.1 Å². The van der Waals surface area contributed by atoms with E-state index in [0.717, 1.165) is 33.7 Å². The van der Waals surface area contributed by atoms with E-state index in [1.54, 1.807) is 28.1 Å². The van der Waals surface area contributed by atoms with Gasteiger partial charge in [-0.3, -0.25) is 9.59 Å². The van der Waals surface area contributed by atoms with Crippen molar-refractivity contribution in [2.24, 2.45) is 11.6 Å². The summed E-state index contributed by atoms with van der Waals surface area (Å²) in [7, 11) is 2.00. The lowest BCUT2D eigenvalue weighted by molar-refractivity contribution is -0.131. The smallest absolute Gasteiger partial charge is 0.227 e. The first-order valence-corrected chi connectivity index (χ1v) is 22.0. The van der Waals surface area contributed by atoms with Crippen LogP contribution < -0.4 is 21.9 Å². The van der Waals surface area contributed by atoms with Gasteiger partial charge in [-0.1, -0.05) is 43.5 Å². The number of likely N-dealkylation sites (N-methyl/N-ethyl adjacent to an activating group) is 1. The van der Waals surface area contributed by atoms with Crippen LogP contribution in [0.2, 0.25) is 0 Å². The summed E-state index contributed by atoms with van der Waals surface area (Å²) in [6.07, 6.45) is 3.37. The van der Waals surface area contributed by atoms with Crippen LogP contribution >= 0.6 is 0 Å². The average molecular weight is 904 g/mol. The maximum Gasteiger partial charge on any atom is 0.227 e. The van der Waals surface area contributed by atoms with Gasteiger partial charge in [0.15, 0.2) is 11.0 Å². The Morgan fingerprint density at radius 1 is 0.848 bits per heavy atom. The molecule has 5 aromatic rings. The van der Waals surface area contributed by atoms with Crippen molar-refractivity contribution in [3.8, 4) is 11.3 Å². The lowest BCUT2D eigenvalue weighted by Crippen LogP contribution is -2.38. The van der Waals surface area contributed by atoms with E-state index >= 15 is 0 Å². The van der Waals surface area contributed by atoms with Gasteiger partial charge in [-0.05, 0) is 61.9 Å². The van der Waals surface area contributed by atoms with Gasteiger partial charge < -0.3 is 58.4 Å². The average Bonchev–Trinajstić information content (AvgIpc) is 3.71. The number of fused-ring (bicyclic) bond motifs is 4. The van der Waals surface area contributed by atoms with Crippen molar-refractivity contribution in [3.63, 3.8) is 0 Å². The van der Waals surface area contributed by atoms with Crippen LogP contribution in [0.5, 0.6) is 0 Å². The number of benzene rings is 3. The van der Waals surface area contributed by atoms with Crippen LogP contribution in [0.3, 0.4) is 0 Å². The molecule has 0 aliphatic carbocycles. The quantitative estimate of drug-likeness (QED) is 0.0331. The molecule has 3 aromatic carbocycles. The second kappa shape index (κ2) is 24.2. The van der Waals surface area contributed by atoms with Crippen LogP contribution in [0, 0.1) is 6.92 Å². The Hall–Kier alpha value is -6.40. The number of carbonyl (C=O) groups is 2. The summed E-state index contributed by atoms with van der Waals surface area (Å²) in [6.45, 7) is 16.7. The molecule has 6 rings (SSSR count). The molecule has 0 saturated heterocycles. The minimum atomic E-state index is -0.216. The number of ether oxygens (including phenoxy) is 5. The van der Waals surface area contributed by atoms with Crippen LogP contribution in [0.15, 0.2) is 118 Å². The third-order valence-electron chi connectivity index (χ3n) is 11.0. The van der Waals surface area contributed by atoms with Crippen LogP contribution in [-0.4, -0.2) is 118 Å². The molecular weight excluding hydrogens is 843 g/mol. The fraction of sp³-hybridized carbons (Fsp3) is 0.360. The molecular formula is C50H61N7O9. The molecule has 5 N–H and O–H groups in total. The number of nitrogens with zero attached hydrogens (tertiary/aromatic N) is 4. The van der Waals surface area contributed by atoms with Crippen molar-refractivity contribution in [1.82, 2.24) is 19.9 Å². The number of rotatable bonds is 26. The molecule has 0 atom stereocenters. The first kappa shape index (κ1) is 49.0. The highest BCUT2D eigenvalue weighted by molar-refractivity contribution is 6.00.